The van der Waals surface area contributed by atoms with Gasteiger partial charge < -0.3 is 0 Å². The van der Waals surface area contributed by atoms with Gasteiger partial charge >= 0.3 is 101 Å². The van der Waals surface area contributed by atoms with Crippen molar-refractivity contribution in [2.75, 3.05) is 26.4 Å². The van der Waals surface area contributed by atoms with E-state index in [1.807, 2.05) is 0 Å². The predicted octanol–water partition coefficient (Wildman–Crippen LogP) is 1.74. The van der Waals surface area contributed by atoms with E-state index in [0.717, 1.165) is 0 Å². The van der Waals surface area contributed by atoms with Crippen molar-refractivity contribution in [2.45, 2.75) is 27.7 Å². The maximum absolute atomic E-state index is 5.28. The molecule has 0 bridgehead atoms. The van der Waals surface area contributed by atoms with Gasteiger partial charge in [-0.1, -0.05) is 0 Å². The Morgan fingerprint density at radius 1 is 0.625 bits per heavy atom. The van der Waals surface area contributed by atoms with Gasteiger partial charge in [0.15, 0.2) is 0 Å². The average Bonchev–Trinajstić information content (AvgIpc) is 2.31. The third-order valence-corrected chi connectivity index (χ3v) is 3.67. The first-order chi connectivity index (χ1) is 7.74. The molecule has 0 atom stereocenters. The van der Waals surface area contributed by atoms with E-state index in [9.17, 15) is 0 Å². The molecule has 0 saturated heterocycles. The molecule has 7 nitrogen and oxygen atoms in total. The van der Waals surface area contributed by atoms with Gasteiger partial charge in [-0.25, -0.2) is 0 Å². The molecule has 98 valence electrons. The van der Waals surface area contributed by atoms with Crippen LogP contribution in [-0.4, -0.2) is 26.4 Å². The second kappa shape index (κ2) is 10.6. The molecule has 0 aromatic rings. The Morgan fingerprint density at radius 2 is 1.00 bits per heavy atom. The zero-order valence-electron chi connectivity index (χ0n) is 10.2. The molecule has 0 unspecified atom stereocenters. The normalized spacial score (nSPS) is 12.0. The first kappa shape index (κ1) is 16.4. The molecule has 0 heterocycles. The summed E-state index contributed by atoms with van der Waals surface area (Å²) in [7, 11) is 0. The molecule has 0 saturated carbocycles. The van der Waals surface area contributed by atoms with Crippen LogP contribution >= 0.6 is 0 Å². The van der Waals surface area contributed by atoms with E-state index in [1.54, 1.807) is 27.7 Å². The molecule has 16 heavy (non-hydrogen) atoms. The molecule has 0 aliphatic heterocycles. The van der Waals surface area contributed by atoms with Crippen LogP contribution < -0.4 is 0 Å². The van der Waals surface area contributed by atoms with E-state index in [4.69, 9.17) is 28.4 Å². The summed E-state index contributed by atoms with van der Waals surface area (Å²) < 4.78 is 20.3. The van der Waals surface area contributed by atoms with Gasteiger partial charge in [0.1, 0.15) is 0 Å². The monoisotopic (exact) mass is 276 g/mol. The molecule has 0 rings (SSSR count). The maximum atomic E-state index is 5.28. The van der Waals surface area contributed by atoms with E-state index in [1.165, 1.54) is 0 Å². The summed E-state index contributed by atoms with van der Waals surface area (Å²) >= 11 is -4.07. The Bertz CT molecular complexity index is 136. The fraction of sp³-hybridized carbons (Fsp3) is 1.00. The van der Waals surface area contributed by atoms with Gasteiger partial charge in [0, 0.05) is 0 Å². The summed E-state index contributed by atoms with van der Waals surface area (Å²) in [6.45, 7) is 8.43. The average molecular weight is 276 g/mol. The van der Waals surface area contributed by atoms with Gasteiger partial charge in [0.05, 0.1) is 0 Å². The topological polar surface area (TPSA) is 64.6 Å². The Kier molecular flexibility index (Phi) is 10.9. The fourth-order valence-corrected chi connectivity index (χ4v) is 2.82. The van der Waals surface area contributed by atoms with Crippen molar-refractivity contribution in [3.63, 3.8) is 0 Å². The Balaban J connectivity index is 4.32. The third-order valence-electron chi connectivity index (χ3n) is 1.16. The van der Waals surface area contributed by atoms with Crippen molar-refractivity contribution in [1.29, 1.82) is 0 Å². The van der Waals surface area contributed by atoms with Gasteiger partial charge in [-0.15, -0.1) is 0 Å². The van der Waals surface area contributed by atoms with Crippen molar-refractivity contribution >= 4 is 0 Å². The Morgan fingerprint density at radius 3 is 1.25 bits per heavy atom. The van der Waals surface area contributed by atoms with Crippen molar-refractivity contribution in [1.82, 2.24) is 0 Å². The predicted molar refractivity (Wildman–Crippen MR) is 49.8 cm³/mol. The van der Waals surface area contributed by atoms with E-state index >= 15 is 0 Å². The molecule has 0 fully saturated rings. The number of hydrogen-bond donors (Lipinski definition) is 0. The fourth-order valence-electron chi connectivity index (χ4n) is 0.684. The van der Waals surface area contributed by atoms with Crippen LogP contribution in [0.25, 0.3) is 0 Å². The van der Waals surface area contributed by atoms with Gasteiger partial charge in [-0.05, 0) is 0 Å². The zero-order valence-corrected chi connectivity index (χ0v) is 11.7. The number of hydrogen-bond acceptors (Lipinski definition) is 7. The first-order valence-corrected chi connectivity index (χ1v) is 7.85. The minimum atomic E-state index is -4.07. The molecule has 0 aromatic heterocycles. The molecule has 8 heteroatoms. The molecule has 0 N–H and O–H groups in total. The van der Waals surface area contributed by atoms with Crippen molar-refractivity contribution < 1.29 is 46.5 Å². The summed E-state index contributed by atoms with van der Waals surface area (Å²) in [5, 5.41) is 0. The second-order valence-corrected chi connectivity index (χ2v) is 5.20. The van der Waals surface area contributed by atoms with Crippen LogP contribution in [0.15, 0.2) is 0 Å². The molecule has 0 aliphatic rings. The van der Waals surface area contributed by atoms with Crippen LogP contribution in [-0.2, 0) is 46.5 Å². The summed E-state index contributed by atoms with van der Waals surface area (Å²) in [5.41, 5.74) is 0. The standard InChI is InChI=1S/3C2H6O2.C2H5O.Ti/c3*1-2-4-3;1-2-3;/h3*3H,2H2,1H3;2H2,1H3;/q;;;-1;+4/p-3. The molecule has 0 radical (unpaired) electrons. The van der Waals surface area contributed by atoms with E-state index in [0.29, 0.717) is 26.4 Å². The van der Waals surface area contributed by atoms with Crippen LogP contribution in [0.2, 0.25) is 0 Å². The summed E-state index contributed by atoms with van der Waals surface area (Å²) in [6.07, 6.45) is 0. The molecule has 0 amide bonds. The van der Waals surface area contributed by atoms with Gasteiger partial charge in [-0.2, -0.15) is 0 Å². The molecular formula is C8H20O7Ti. The van der Waals surface area contributed by atoms with Gasteiger partial charge in [-0.3, -0.25) is 0 Å². The van der Waals surface area contributed by atoms with E-state index < -0.39 is 18.1 Å². The third kappa shape index (κ3) is 6.90. The summed E-state index contributed by atoms with van der Waals surface area (Å²) in [6, 6.07) is 0. The minimum absolute atomic E-state index is 0.338. The molecule has 0 aliphatic carbocycles. The first-order valence-electron chi connectivity index (χ1n) is 5.30. The van der Waals surface area contributed by atoms with Crippen molar-refractivity contribution in [2.24, 2.45) is 0 Å². The molecule has 0 aromatic carbocycles. The Hall–Kier alpha value is 0.434. The quantitative estimate of drug-likeness (QED) is 0.323. The second-order valence-electron chi connectivity index (χ2n) is 2.40. The van der Waals surface area contributed by atoms with Gasteiger partial charge in [0.25, 0.3) is 0 Å². The van der Waals surface area contributed by atoms with Crippen molar-refractivity contribution in [3.8, 4) is 0 Å². The van der Waals surface area contributed by atoms with E-state index in [2.05, 4.69) is 0 Å². The number of rotatable bonds is 11. The van der Waals surface area contributed by atoms with Crippen LogP contribution in [0.5, 0.6) is 0 Å². The van der Waals surface area contributed by atoms with E-state index in [-0.39, 0.29) is 0 Å². The summed E-state index contributed by atoms with van der Waals surface area (Å²) in [4.78, 5) is 14.4. The zero-order chi connectivity index (χ0) is 12.3. The van der Waals surface area contributed by atoms with Crippen LogP contribution in [0.3, 0.4) is 0 Å². The van der Waals surface area contributed by atoms with Crippen molar-refractivity contribution in [3.05, 3.63) is 0 Å². The van der Waals surface area contributed by atoms with Crippen LogP contribution in [0.4, 0.5) is 0 Å². The summed E-state index contributed by atoms with van der Waals surface area (Å²) in [5.74, 6) is 0. The molecule has 0 spiro atoms. The van der Waals surface area contributed by atoms with Gasteiger partial charge in [0.2, 0.25) is 0 Å². The van der Waals surface area contributed by atoms with Crippen LogP contribution in [0, 0.1) is 0 Å². The SMILES string of the molecule is CCO[O][Ti]([O]CC)([O]OCC)[O]OCC. The Labute approximate surface area is 101 Å². The molecular weight excluding hydrogens is 256 g/mol. The van der Waals surface area contributed by atoms with Crippen LogP contribution in [0.1, 0.15) is 27.7 Å².